The fraction of sp³-hybridized carbons (Fsp3) is 0.208. The second-order valence-electron chi connectivity index (χ2n) is 8.13. The maximum Gasteiger partial charge on any atom is 0.237 e. The average molecular weight is 495 g/mol. The number of hydrogen-bond donors (Lipinski definition) is 2. The molecule has 0 radical (unpaired) electrons. The van der Waals surface area contributed by atoms with Crippen LogP contribution < -0.4 is 15.4 Å². The van der Waals surface area contributed by atoms with Crippen LogP contribution in [0.3, 0.4) is 0 Å². The molecule has 0 unspecified atom stereocenters. The predicted octanol–water partition coefficient (Wildman–Crippen LogP) is 3.19. The number of nitrogen functional groups attached to an aromatic ring is 1. The number of aromatic nitrogens is 3. The van der Waals surface area contributed by atoms with Crippen molar-refractivity contribution in [1.29, 1.82) is 0 Å². The monoisotopic (exact) mass is 494 g/mol. The number of sulfonamides is 1. The van der Waals surface area contributed by atoms with Gasteiger partial charge in [-0.1, -0.05) is 36.4 Å². The Morgan fingerprint density at radius 1 is 1.06 bits per heavy atom. The van der Waals surface area contributed by atoms with Gasteiger partial charge in [0.2, 0.25) is 16.0 Å². The van der Waals surface area contributed by atoms with E-state index < -0.39 is 15.8 Å². The van der Waals surface area contributed by atoms with Gasteiger partial charge < -0.3 is 15.4 Å². The maximum atomic E-state index is 15.0. The normalized spacial score (nSPS) is 14.3. The van der Waals surface area contributed by atoms with Gasteiger partial charge in [0.05, 0.1) is 42.2 Å². The van der Waals surface area contributed by atoms with Crippen molar-refractivity contribution in [2.24, 2.45) is 0 Å². The van der Waals surface area contributed by atoms with Crippen LogP contribution in [0.4, 0.5) is 21.7 Å². The summed E-state index contributed by atoms with van der Waals surface area (Å²) >= 11 is 0. The third kappa shape index (κ3) is 5.15. The summed E-state index contributed by atoms with van der Waals surface area (Å²) in [5.74, 6) is -0.824. The van der Waals surface area contributed by atoms with Gasteiger partial charge in [-0.15, -0.1) is 0 Å². The molecule has 2 aromatic carbocycles. The number of nitrogens with zero attached hydrogens (tertiary/aromatic N) is 4. The van der Waals surface area contributed by atoms with Crippen molar-refractivity contribution in [3.8, 4) is 11.3 Å². The molecule has 35 heavy (non-hydrogen) atoms. The van der Waals surface area contributed by atoms with E-state index in [1.165, 1.54) is 18.3 Å². The predicted molar refractivity (Wildman–Crippen MR) is 133 cm³/mol. The van der Waals surface area contributed by atoms with Crippen molar-refractivity contribution in [3.63, 3.8) is 0 Å². The van der Waals surface area contributed by atoms with E-state index in [4.69, 9.17) is 10.5 Å². The second kappa shape index (κ2) is 9.43. The summed E-state index contributed by atoms with van der Waals surface area (Å²) in [7, 11) is -3.79. The molecule has 1 fully saturated rings. The van der Waals surface area contributed by atoms with E-state index in [-0.39, 0.29) is 17.4 Å². The minimum atomic E-state index is -3.79. The van der Waals surface area contributed by atoms with Crippen LogP contribution in [0.15, 0.2) is 60.8 Å². The molecule has 2 aromatic heterocycles. The van der Waals surface area contributed by atoms with E-state index in [0.717, 1.165) is 5.69 Å². The summed E-state index contributed by atoms with van der Waals surface area (Å²) < 4.78 is 47.9. The molecule has 4 aromatic rings. The number of morpholine rings is 1. The molecule has 0 aliphatic carbocycles. The van der Waals surface area contributed by atoms with Gasteiger partial charge in [-0.2, -0.15) is 0 Å². The molecular weight excluding hydrogens is 471 g/mol. The second-order valence-corrected chi connectivity index (χ2v) is 9.85. The van der Waals surface area contributed by atoms with E-state index in [0.29, 0.717) is 54.2 Å². The SMILES string of the molecule is Nc1ncc2nc(-c3ccc(NS(=O)(=O)Cc4ccccc4)c(F)c3)cc(N3CCOCC3)c2n1. The lowest BCUT2D eigenvalue weighted by Crippen LogP contribution is -2.36. The lowest BCUT2D eigenvalue weighted by atomic mass is 10.1. The molecule has 0 saturated carbocycles. The van der Waals surface area contributed by atoms with Crippen LogP contribution in [0.1, 0.15) is 5.56 Å². The topological polar surface area (TPSA) is 123 Å². The van der Waals surface area contributed by atoms with Crippen molar-refractivity contribution in [3.05, 3.63) is 72.2 Å². The molecule has 3 heterocycles. The molecule has 3 N–H and O–H groups in total. The molecule has 0 spiro atoms. The van der Waals surface area contributed by atoms with E-state index in [9.17, 15) is 8.42 Å². The highest BCUT2D eigenvalue weighted by molar-refractivity contribution is 7.91. The first-order valence-corrected chi connectivity index (χ1v) is 12.6. The Kier molecular flexibility index (Phi) is 6.18. The lowest BCUT2D eigenvalue weighted by Gasteiger charge is -2.29. The summed E-state index contributed by atoms with van der Waals surface area (Å²) in [6.07, 6.45) is 1.54. The van der Waals surface area contributed by atoms with Gasteiger partial charge in [-0.05, 0) is 23.8 Å². The summed E-state index contributed by atoms with van der Waals surface area (Å²) in [5, 5.41) is 0. The summed E-state index contributed by atoms with van der Waals surface area (Å²) in [6, 6.07) is 14.8. The summed E-state index contributed by atoms with van der Waals surface area (Å²) in [5.41, 5.74) is 9.20. The molecular formula is C24H23FN6O3S. The van der Waals surface area contributed by atoms with Gasteiger partial charge in [-0.3, -0.25) is 4.72 Å². The van der Waals surface area contributed by atoms with Crippen molar-refractivity contribution in [2.75, 3.05) is 41.7 Å². The smallest absolute Gasteiger partial charge is 0.237 e. The zero-order valence-corrected chi connectivity index (χ0v) is 19.5. The number of nitrogens with two attached hydrogens (primary N) is 1. The number of fused-ring (bicyclic) bond motifs is 1. The number of rotatable bonds is 6. The zero-order chi connectivity index (χ0) is 24.4. The van der Waals surface area contributed by atoms with Crippen LogP contribution in [0.25, 0.3) is 22.3 Å². The maximum absolute atomic E-state index is 15.0. The largest absolute Gasteiger partial charge is 0.378 e. The van der Waals surface area contributed by atoms with Crippen molar-refractivity contribution >= 4 is 38.4 Å². The molecule has 5 rings (SSSR count). The first-order chi connectivity index (χ1) is 16.9. The Hall–Kier alpha value is -3.83. The van der Waals surface area contributed by atoms with Crippen LogP contribution in [-0.4, -0.2) is 49.7 Å². The number of hydrogen-bond acceptors (Lipinski definition) is 8. The minimum absolute atomic E-state index is 0.130. The molecule has 180 valence electrons. The number of pyridine rings is 1. The summed E-state index contributed by atoms with van der Waals surface area (Å²) in [4.78, 5) is 15.1. The fourth-order valence-electron chi connectivity index (χ4n) is 3.97. The van der Waals surface area contributed by atoms with Gasteiger partial charge in [0.15, 0.2) is 0 Å². The van der Waals surface area contributed by atoms with Crippen molar-refractivity contribution in [2.45, 2.75) is 5.75 Å². The third-order valence-electron chi connectivity index (χ3n) is 5.63. The molecule has 1 saturated heterocycles. The molecule has 9 nitrogen and oxygen atoms in total. The van der Waals surface area contributed by atoms with E-state index in [1.54, 1.807) is 36.4 Å². The minimum Gasteiger partial charge on any atom is -0.378 e. The van der Waals surface area contributed by atoms with Gasteiger partial charge in [0.1, 0.15) is 16.9 Å². The van der Waals surface area contributed by atoms with Gasteiger partial charge >= 0.3 is 0 Å². The summed E-state index contributed by atoms with van der Waals surface area (Å²) in [6.45, 7) is 2.48. The molecule has 0 bridgehead atoms. The Labute approximate surface area is 201 Å². The Morgan fingerprint density at radius 3 is 2.57 bits per heavy atom. The van der Waals surface area contributed by atoms with E-state index in [1.807, 2.05) is 6.07 Å². The first kappa shape index (κ1) is 22.9. The zero-order valence-electron chi connectivity index (χ0n) is 18.7. The first-order valence-electron chi connectivity index (χ1n) is 11.0. The van der Waals surface area contributed by atoms with Crippen molar-refractivity contribution in [1.82, 2.24) is 15.0 Å². The van der Waals surface area contributed by atoms with Crippen LogP contribution in [0.5, 0.6) is 0 Å². The number of nitrogens with one attached hydrogen (secondary N) is 1. The van der Waals surface area contributed by atoms with Gasteiger partial charge in [-0.25, -0.2) is 27.8 Å². The van der Waals surface area contributed by atoms with Crippen LogP contribution >= 0.6 is 0 Å². The molecule has 0 amide bonds. The Balaban J connectivity index is 1.47. The molecule has 11 heteroatoms. The highest BCUT2D eigenvalue weighted by atomic mass is 32.2. The Bertz CT molecular complexity index is 1480. The number of halogens is 1. The Morgan fingerprint density at radius 2 is 1.83 bits per heavy atom. The van der Waals surface area contributed by atoms with Gasteiger partial charge in [0.25, 0.3) is 0 Å². The van der Waals surface area contributed by atoms with Gasteiger partial charge in [0, 0.05) is 18.7 Å². The quantitative estimate of drug-likeness (QED) is 0.419. The van der Waals surface area contributed by atoms with Crippen LogP contribution in [0, 0.1) is 5.82 Å². The lowest BCUT2D eigenvalue weighted by molar-refractivity contribution is 0.123. The molecule has 0 atom stereocenters. The van der Waals surface area contributed by atoms with Crippen LogP contribution in [0.2, 0.25) is 0 Å². The third-order valence-corrected chi connectivity index (χ3v) is 6.87. The van der Waals surface area contributed by atoms with E-state index >= 15 is 4.39 Å². The number of anilines is 3. The van der Waals surface area contributed by atoms with Crippen molar-refractivity contribution < 1.29 is 17.5 Å². The van der Waals surface area contributed by atoms with E-state index in [2.05, 4.69) is 24.6 Å². The van der Waals surface area contributed by atoms with Crippen LogP contribution in [-0.2, 0) is 20.5 Å². The number of ether oxygens (including phenoxy) is 1. The highest BCUT2D eigenvalue weighted by Crippen LogP contribution is 2.32. The number of benzene rings is 2. The standard InChI is InChI=1S/C24H23FN6O3S/c25-18-12-17(6-7-19(18)30-35(32,33)15-16-4-2-1-3-5-16)20-13-22(31-8-10-34-11-9-31)23-21(28-20)14-27-24(26)29-23/h1-7,12-14,30H,8-11,15H2,(H2,26,27,29). The fourth-order valence-corrected chi connectivity index (χ4v) is 5.17. The average Bonchev–Trinajstić information content (AvgIpc) is 2.85. The highest BCUT2D eigenvalue weighted by Gasteiger charge is 2.19. The molecule has 1 aliphatic rings. The molecule has 1 aliphatic heterocycles.